The molecule has 0 saturated carbocycles. The number of carbonyl (C=O) groups is 1. The Hall–Kier alpha value is -1.91. The first-order chi connectivity index (χ1) is 15.3. The van der Waals surface area contributed by atoms with Crippen LogP contribution in [0.5, 0.6) is 0 Å². The molecule has 9 nitrogen and oxygen atoms in total. The van der Waals surface area contributed by atoms with Crippen LogP contribution >= 0.6 is 0 Å². The molecule has 9 heteroatoms. The van der Waals surface area contributed by atoms with E-state index in [1.807, 2.05) is 0 Å². The van der Waals surface area contributed by atoms with E-state index in [2.05, 4.69) is 60.9 Å². The van der Waals surface area contributed by atoms with Gasteiger partial charge in [-0.05, 0) is 37.1 Å². The van der Waals surface area contributed by atoms with Gasteiger partial charge in [-0.3, -0.25) is 25.8 Å². The lowest BCUT2D eigenvalue weighted by atomic mass is 9.91. The smallest absolute Gasteiger partial charge is 0.242 e. The molecular weight excluding hydrogens is 394 g/mol. The Balaban J connectivity index is 1.30. The van der Waals surface area contributed by atoms with Gasteiger partial charge in [-0.1, -0.05) is 12.8 Å². The lowest BCUT2D eigenvalue weighted by molar-refractivity contribution is -0.132. The zero-order valence-electron chi connectivity index (χ0n) is 18.1. The molecule has 1 aromatic rings. The van der Waals surface area contributed by atoms with E-state index in [9.17, 15) is 4.79 Å². The lowest BCUT2D eigenvalue weighted by Crippen LogP contribution is -2.76. The Labute approximate surface area is 184 Å². The Morgan fingerprint density at radius 3 is 2.42 bits per heavy atom. The highest BCUT2D eigenvalue weighted by molar-refractivity contribution is 5.81. The molecule has 0 aromatic heterocycles. The van der Waals surface area contributed by atoms with Gasteiger partial charge in [-0.2, -0.15) is 0 Å². The Morgan fingerprint density at radius 2 is 1.68 bits per heavy atom. The quantitative estimate of drug-likeness (QED) is 0.465. The molecule has 5 N–H and O–H groups in total. The molecule has 4 saturated heterocycles. The van der Waals surface area contributed by atoms with Crippen LogP contribution in [-0.2, 0) is 9.53 Å². The summed E-state index contributed by atoms with van der Waals surface area (Å²) in [5.74, 6) is -0.170. The third-order valence-corrected chi connectivity index (χ3v) is 6.91. The zero-order valence-corrected chi connectivity index (χ0v) is 18.1. The molecule has 5 rings (SSSR count). The topological polar surface area (TPSA) is 92.9 Å². The highest BCUT2D eigenvalue weighted by Gasteiger charge is 2.44. The van der Waals surface area contributed by atoms with E-state index in [-0.39, 0.29) is 30.3 Å². The van der Waals surface area contributed by atoms with Gasteiger partial charge in [0.15, 0.2) is 0 Å². The van der Waals surface area contributed by atoms with Crippen LogP contribution in [0.4, 0.5) is 11.4 Å². The standard InChI is InChI=1S/C22H35N7O2/c30-21-19-18(15-23-27-21)25-22(29-9-3-1-2-4-10-29)26-20(19)24-16-5-7-17(8-6-16)28-11-13-31-14-12-28/h5-8,18-20,22-26H,1-4,9-15H2,(H,27,30). The van der Waals surface area contributed by atoms with Crippen LogP contribution in [0.15, 0.2) is 24.3 Å². The first-order valence-electron chi connectivity index (χ1n) is 11.8. The van der Waals surface area contributed by atoms with Crippen LogP contribution in [-0.4, -0.2) is 75.2 Å². The SMILES string of the molecule is O=C1NNCC2NC(N3CCCCCC3)NC(Nc3ccc(N4CCOCC4)cc3)C12. The van der Waals surface area contributed by atoms with Crippen LogP contribution in [0.3, 0.4) is 0 Å². The number of hydrogen-bond acceptors (Lipinski definition) is 8. The van der Waals surface area contributed by atoms with Crippen molar-refractivity contribution in [3.05, 3.63) is 24.3 Å². The summed E-state index contributed by atoms with van der Waals surface area (Å²) in [7, 11) is 0. The molecule has 31 heavy (non-hydrogen) atoms. The molecule has 4 fully saturated rings. The highest BCUT2D eigenvalue weighted by atomic mass is 16.5. The first kappa shape index (κ1) is 21.0. The Kier molecular flexibility index (Phi) is 6.56. The van der Waals surface area contributed by atoms with E-state index in [1.54, 1.807) is 0 Å². The number of amides is 1. The average Bonchev–Trinajstić information content (AvgIpc) is 3.10. The summed E-state index contributed by atoms with van der Waals surface area (Å²) >= 11 is 0. The number of fused-ring (bicyclic) bond motifs is 1. The molecule has 4 aliphatic heterocycles. The molecule has 4 atom stereocenters. The number of hydrogen-bond donors (Lipinski definition) is 5. The minimum Gasteiger partial charge on any atom is -0.378 e. The second-order valence-electron chi connectivity index (χ2n) is 8.96. The van der Waals surface area contributed by atoms with Gasteiger partial charge in [-0.15, -0.1) is 0 Å². The highest BCUT2D eigenvalue weighted by Crippen LogP contribution is 2.24. The molecule has 170 valence electrons. The van der Waals surface area contributed by atoms with Crippen molar-refractivity contribution in [2.24, 2.45) is 5.92 Å². The summed E-state index contributed by atoms with van der Waals surface area (Å²) in [5.41, 5.74) is 8.10. The van der Waals surface area contributed by atoms with Crippen LogP contribution in [0.2, 0.25) is 0 Å². The fourth-order valence-corrected chi connectivity index (χ4v) is 5.18. The predicted octanol–water partition coefficient (Wildman–Crippen LogP) is 0.233. The monoisotopic (exact) mass is 429 g/mol. The normalized spacial score (nSPS) is 32.6. The van der Waals surface area contributed by atoms with Crippen molar-refractivity contribution in [3.63, 3.8) is 0 Å². The van der Waals surface area contributed by atoms with Gasteiger partial charge in [0.1, 0.15) is 6.29 Å². The van der Waals surface area contributed by atoms with E-state index in [1.165, 1.54) is 31.4 Å². The molecule has 0 bridgehead atoms. The summed E-state index contributed by atoms with van der Waals surface area (Å²) in [6.45, 7) is 6.31. The fourth-order valence-electron chi connectivity index (χ4n) is 5.18. The number of carbonyl (C=O) groups excluding carboxylic acids is 1. The minimum atomic E-state index is -0.191. The third kappa shape index (κ3) is 4.80. The van der Waals surface area contributed by atoms with Crippen molar-refractivity contribution in [1.82, 2.24) is 26.4 Å². The number of anilines is 2. The van der Waals surface area contributed by atoms with E-state index < -0.39 is 0 Å². The summed E-state index contributed by atoms with van der Waals surface area (Å²) < 4.78 is 5.46. The average molecular weight is 430 g/mol. The van der Waals surface area contributed by atoms with Gasteiger partial charge in [0.05, 0.1) is 25.3 Å². The number of benzene rings is 1. The lowest BCUT2D eigenvalue weighted by Gasteiger charge is -2.48. The van der Waals surface area contributed by atoms with Crippen LogP contribution < -0.4 is 31.7 Å². The predicted molar refractivity (Wildman–Crippen MR) is 120 cm³/mol. The van der Waals surface area contributed by atoms with Gasteiger partial charge in [0, 0.05) is 50.1 Å². The number of hydrazine groups is 1. The van der Waals surface area contributed by atoms with Gasteiger partial charge in [0.25, 0.3) is 0 Å². The largest absolute Gasteiger partial charge is 0.378 e. The number of likely N-dealkylation sites (tertiary alicyclic amines) is 1. The number of nitrogens with one attached hydrogen (secondary N) is 5. The van der Waals surface area contributed by atoms with Crippen molar-refractivity contribution in [2.45, 2.75) is 44.2 Å². The van der Waals surface area contributed by atoms with E-state index in [0.717, 1.165) is 51.6 Å². The minimum absolute atomic E-state index is 0.0213. The van der Waals surface area contributed by atoms with Crippen molar-refractivity contribution >= 4 is 17.3 Å². The maximum Gasteiger partial charge on any atom is 0.242 e. The van der Waals surface area contributed by atoms with Crippen LogP contribution in [0, 0.1) is 5.92 Å². The molecule has 1 aromatic carbocycles. The number of morpholine rings is 1. The maximum absolute atomic E-state index is 12.7. The van der Waals surface area contributed by atoms with E-state index >= 15 is 0 Å². The Bertz CT molecular complexity index is 732. The van der Waals surface area contributed by atoms with E-state index in [0.29, 0.717) is 0 Å². The Morgan fingerprint density at radius 1 is 0.935 bits per heavy atom. The van der Waals surface area contributed by atoms with Crippen LogP contribution in [0.1, 0.15) is 25.7 Å². The van der Waals surface area contributed by atoms with E-state index in [4.69, 9.17) is 4.74 Å². The van der Waals surface area contributed by atoms with Gasteiger partial charge >= 0.3 is 0 Å². The molecule has 4 unspecified atom stereocenters. The second-order valence-corrected chi connectivity index (χ2v) is 8.96. The zero-order chi connectivity index (χ0) is 21.0. The molecule has 4 heterocycles. The van der Waals surface area contributed by atoms with Crippen molar-refractivity contribution in [1.29, 1.82) is 0 Å². The maximum atomic E-state index is 12.7. The van der Waals surface area contributed by atoms with Crippen molar-refractivity contribution < 1.29 is 9.53 Å². The summed E-state index contributed by atoms with van der Waals surface area (Å²) in [6, 6.07) is 8.61. The van der Waals surface area contributed by atoms with Gasteiger partial charge in [0.2, 0.25) is 5.91 Å². The summed E-state index contributed by atoms with van der Waals surface area (Å²) in [6.07, 6.45) is 4.99. The third-order valence-electron chi connectivity index (χ3n) is 6.91. The van der Waals surface area contributed by atoms with Gasteiger partial charge < -0.3 is 15.0 Å². The second kappa shape index (κ2) is 9.70. The first-order valence-corrected chi connectivity index (χ1v) is 11.8. The summed E-state index contributed by atoms with van der Waals surface area (Å²) in [4.78, 5) is 17.5. The molecular formula is C22H35N7O2. The van der Waals surface area contributed by atoms with Gasteiger partial charge in [-0.25, -0.2) is 5.43 Å². The van der Waals surface area contributed by atoms with Crippen molar-refractivity contribution in [2.75, 3.05) is 56.2 Å². The molecule has 1 amide bonds. The molecule has 0 radical (unpaired) electrons. The number of ether oxygens (including phenoxy) is 1. The molecule has 0 spiro atoms. The number of nitrogens with zero attached hydrogens (tertiary/aromatic N) is 2. The fraction of sp³-hybridized carbons (Fsp3) is 0.682. The van der Waals surface area contributed by atoms with Crippen molar-refractivity contribution in [3.8, 4) is 0 Å². The molecule has 0 aliphatic carbocycles. The molecule has 4 aliphatic rings. The van der Waals surface area contributed by atoms with Crippen LogP contribution in [0.25, 0.3) is 0 Å². The number of rotatable bonds is 4. The summed E-state index contributed by atoms with van der Waals surface area (Å²) in [5, 5.41) is 11.0.